The van der Waals surface area contributed by atoms with E-state index >= 15 is 0 Å². The summed E-state index contributed by atoms with van der Waals surface area (Å²) in [6.45, 7) is 5.20. The van der Waals surface area contributed by atoms with E-state index in [0.717, 1.165) is 22.0 Å². The summed E-state index contributed by atoms with van der Waals surface area (Å²) in [5.74, 6) is 0.882. The first kappa shape index (κ1) is 12.1. The number of thiazole rings is 1. The van der Waals surface area contributed by atoms with Crippen LogP contribution in [0.1, 0.15) is 17.5 Å². The maximum atomic E-state index is 5.64. The van der Waals surface area contributed by atoms with E-state index < -0.39 is 0 Å². The van der Waals surface area contributed by atoms with Crippen molar-refractivity contribution in [3.63, 3.8) is 0 Å². The molecule has 0 radical (unpaired) electrons. The third-order valence-electron chi connectivity index (χ3n) is 2.48. The zero-order chi connectivity index (χ0) is 12.3. The Labute approximate surface area is 105 Å². The number of ether oxygens (including phenoxy) is 1. The van der Waals surface area contributed by atoms with Gasteiger partial charge >= 0.3 is 0 Å². The molecule has 4 heteroatoms. The Kier molecular flexibility index (Phi) is 3.76. The van der Waals surface area contributed by atoms with Gasteiger partial charge in [0.05, 0.1) is 12.3 Å². The first-order valence-corrected chi connectivity index (χ1v) is 6.46. The molecule has 1 heterocycles. The monoisotopic (exact) mass is 248 g/mol. The van der Waals surface area contributed by atoms with Gasteiger partial charge in [-0.25, -0.2) is 4.98 Å². The molecule has 0 atom stereocenters. The van der Waals surface area contributed by atoms with Crippen molar-refractivity contribution >= 4 is 11.3 Å². The number of rotatable bonds is 4. The quantitative estimate of drug-likeness (QED) is 0.905. The SMILES string of the molecule is CCOc1cccc(-c2nc(CN)c(C)s2)c1. The van der Waals surface area contributed by atoms with E-state index in [9.17, 15) is 0 Å². The maximum Gasteiger partial charge on any atom is 0.124 e. The van der Waals surface area contributed by atoms with Crippen LogP contribution in [0, 0.1) is 6.92 Å². The first-order chi connectivity index (χ1) is 8.24. The van der Waals surface area contributed by atoms with Gasteiger partial charge in [0.2, 0.25) is 0 Å². The molecule has 0 fully saturated rings. The molecule has 0 aliphatic rings. The summed E-state index contributed by atoms with van der Waals surface area (Å²) in [5, 5.41) is 1.00. The van der Waals surface area contributed by atoms with Crippen molar-refractivity contribution in [2.24, 2.45) is 5.73 Å². The molecule has 0 saturated heterocycles. The van der Waals surface area contributed by atoms with Crippen molar-refractivity contribution in [3.05, 3.63) is 34.8 Å². The van der Waals surface area contributed by atoms with Crippen LogP contribution in [0.5, 0.6) is 5.75 Å². The molecule has 0 aliphatic heterocycles. The lowest BCUT2D eigenvalue weighted by Gasteiger charge is -2.03. The Hall–Kier alpha value is -1.39. The van der Waals surface area contributed by atoms with Crippen molar-refractivity contribution in [1.29, 1.82) is 0 Å². The number of hydrogen-bond acceptors (Lipinski definition) is 4. The summed E-state index contributed by atoms with van der Waals surface area (Å²) in [5.41, 5.74) is 7.70. The zero-order valence-corrected chi connectivity index (χ0v) is 10.9. The average Bonchev–Trinajstić information content (AvgIpc) is 2.71. The lowest BCUT2D eigenvalue weighted by atomic mass is 10.2. The van der Waals surface area contributed by atoms with Crippen LogP contribution in [0.15, 0.2) is 24.3 Å². The van der Waals surface area contributed by atoms with Gasteiger partial charge in [-0.05, 0) is 26.0 Å². The van der Waals surface area contributed by atoms with Crippen LogP contribution >= 0.6 is 11.3 Å². The van der Waals surface area contributed by atoms with Crippen LogP contribution in [0.4, 0.5) is 0 Å². The summed E-state index contributed by atoms with van der Waals surface area (Å²) in [6, 6.07) is 8.00. The third kappa shape index (κ3) is 2.65. The van der Waals surface area contributed by atoms with E-state index in [4.69, 9.17) is 10.5 Å². The van der Waals surface area contributed by atoms with Gasteiger partial charge in [-0.1, -0.05) is 12.1 Å². The van der Waals surface area contributed by atoms with Gasteiger partial charge in [0.25, 0.3) is 0 Å². The highest BCUT2D eigenvalue weighted by atomic mass is 32.1. The maximum absolute atomic E-state index is 5.64. The lowest BCUT2D eigenvalue weighted by Crippen LogP contribution is -1.97. The molecule has 2 rings (SSSR count). The predicted molar refractivity (Wildman–Crippen MR) is 71.3 cm³/mol. The van der Waals surface area contributed by atoms with Gasteiger partial charge in [0.1, 0.15) is 10.8 Å². The molecule has 3 nitrogen and oxygen atoms in total. The van der Waals surface area contributed by atoms with E-state index in [2.05, 4.69) is 11.9 Å². The van der Waals surface area contributed by atoms with E-state index in [1.807, 2.05) is 31.2 Å². The van der Waals surface area contributed by atoms with Crippen LogP contribution in [0.25, 0.3) is 10.6 Å². The van der Waals surface area contributed by atoms with Crippen molar-refractivity contribution in [2.75, 3.05) is 6.61 Å². The molecule has 1 aromatic heterocycles. The lowest BCUT2D eigenvalue weighted by molar-refractivity contribution is 0.340. The van der Waals surface area contributed by atoms with E-state index in [-0.39, 0.29) is 0 Å². The molecule has 0 bridgehead atoms. The highest BCUT2D eigenvalue weighted by molar-refractivity contribution is 7.15. The van der Waals surface area contributed by atoms with Crippen LogP contribution in [-0.2, 0) is 6.54 Å². The molecule has 0 spiro atoms. The van der Waals surface area contributed by atoms with Crippen LogP contribution in [0.3, 0.4) is 0 Å². The topological polar surface area (TPSA) is 48.1 Å². The largest absolute Gasteiger partial charge is 0.494 e. The summed E-state index contributed by atoms with van der Waals surface area (Å²) in [4.78, 5) is 5.72. The molecular weight excluding hydrogens is 232 g/mol. The molecule has 1 aromatic carbocycles. The van der Waals surface area contributed by atoms with Crippen molar-refractivity contribution in [2.45, 2.75) is 20.4 Å². The molecule has 0 saturated carbocycles. The second-order valence-electron chi connectivity index (χ2n) is 3.69. The van der Waals surface area contributed by atoms with Gasteiger partial charge in [0, 0.05) is 17.0 Å². The number of nitrogens with zero attached hydrogens (tertiary/aromatic N) is 1. The van der Waals surface area contributed by atoms with Crippen molar-refractivity contribution < 1.29 is 4.74 Å². The molecule has 17 heavy (non-hydrogen) atoms. The highest BCUT2D eigenvalue weighted by Gasteiger charge is 2.08. The zero-order valence-electron chi connectivity index (χ0n) is 10.1. The summed E-state index contributed by atoms with van der Waals surface area (Å²) >= 11 is 1.67. The number of aryl methyl sites for hydroxylation is 1. The second-order valence-corrected chi connectivity index (χ2v) is 4.89. The fraction of sp³-hybridized carbons (Fsp3) is 0.308. The number of benzene rings is 1. The molecule has 0 amide bonds. The molecule has 0 aliphatic carbocycles. The molecule has 90 valence electrons. The van der Waals surface area contributed by atoms with Crippen LogP contribution in [0.2, 0.25) is 0 Å². The number of hydrogen-bond donors (Lipinski definition) is 1. The third-order valence-corrected chi connectivity index (χ3v) is 3.54. The molecule has 0 unspecified atom stereocenters. The first-order valence-electron chi connectivity index (χ1n) is 5.64. The average molecular weight is 248 g/mol. The molecule has 2 aromatic rings. The van der Waals surface area contributed by atoms with Gasteiger partial charge in [0.15, 0.2) is 0 Å². The molecule has 2 N–H and O–H groups in total. The minimum Gasteiger partial charge on any atom is -0.494 e. The van der Waals surface area contributed by atoms with Crippen molar-refractivity contribution in [3.8, 4) is 16.3 Å². The highest BCUT2D eigenvalue weighted by Crippen LogP contribution is 2.29. The van der Waals surface area contributed by atoms with E-state index in [0.29, 0.717) is 13.2 Å². The van der Waals surface area contributed by atoms with Crippen LogP contribution in [-0.4, -0.2) is 11.6 Å². The molecular formula is C13H16N2OS. The predicted octanol–water partition coefficient (Wildman–Crippen LogP) is 2.98. The minimum absolute atomic E-state index is 0.494. The van der Waals surface area contributed by atoms with Gasteiger partial charge < -0.3 is 10.5 Å². The fourth-order valence-corrected chi connectivity index (χ4v) is 2.56. The number of nitrogens with two attached hydrogens (primary N) is 1. The van der Waals surface area contributed by atoms with Crippen LogP contribution < -0.4 is 10.5 Å². The standard InChI is InChI=1S/C13H16N2OS/c1-3-16-11-6-4-5-10(7-11)13-15-12(8-14)9(2)17-13/h4-7H,3,8,14H2,1-2H3. The van der Waals surface area contributed by atoms with E-state index in [1.54, 1.807) is 11.3 Å². The Morgan fingerprint density at radius 2 is 2.24 bits per heavy atom. The van der Waals surface area contributed by atoms with Gasteiger partial charge in [-0.15, -0.1) is 11.3 Å². The Bertz CT molecular complexity index is 508. The summed E-state index contributed by atoms with van der Waals surface area (Å²) < 4.78 is 5.48. The normalized spacial score (nSPS) is 10.5. The van der Waals surface area contributed by atoms with E-state index in [1.165, 1.54) is 4.88 Å². The summed E-state index contributed by atoms with van der Waals surface area (Å²) in [6.07, 6.45) is 0. The number of aromatic nitrogens is 1. The smallest absolute Gasteiger partial charge is 0.124 e. The fourth-order valence-electron chi connectivity index (χ4n) is 1.63. The van der Waals surface area contributed by atoms with Crippen molar-refractivity contribution in [1.82, 2.24) is 4.98 Å². The summed E-state index contributed by atoms with van der Waals surface area (Å²) in [7, 11) is 0. The van der Waals surface area contributed by atoms with Gasteiger partial charge in [-0.2, -0.15) is 0 Å². The minimum atomic E-state index is 0.494. The van der Waals surface area contributed by atoms with Gasteiger partial charge in [-0.3, -0.25) is 0 Å². The Balaban J connectivity index is 2.34. The Morgan fingerprint density at radius 1 is 1.41 bits per heavy atom. The Morgan fingerprint density at radius 3 is 2.88 bits per heavy atom. The second kappa shape index (κ2) is 5.29.